The van der Waals surface area contributed by atoms with Crippen molar-refractivity contribution in [3.8, 4) is 22.8 Å². The Balaban J connectivity index is 0.000000180. The average molecular weight is 521 g/mol. The van der Waals surface area contributed by atoms with E-state index in [0.29, 0.717) is 0 Å². The molecular formula is C21H20IrN4-2. The summed E-state index contributed by atoms with van der Waals surface area (Å²) in [5.74, 6) is 1.92. The van der Waals surface area contributed by atoms with Gasteiger partial charge in [-0.3, -0.25) is 9.97 Å². The zero-order valence-electron chi connectivity index (χ0n) is 15.0. The first kappa shape index (κ1) is 19.8. The first-order chi connectivity index (χ1) is 12.1. The molecule has 0 saturated carbocycles. The first-order valence-electron chi connectivity index (χ1n) is 8.05. The molecule has 0 N–H and O–H groups in total. The van der Waals surface area contributed by atoms with Crippen molar-refractivity contribution in [2.75, 3.05) is 0 Å². The van der Waals surface area contributed by atoms with E-state index in [0.717, 1.165) is 22.8 Å². The Morgan fingerprint density at radius 1 is 0.808 bits per heavy atom. The standard InChI is InChI=1S/C11H11N2.C10H9N2.Ir/c1-9-4-3-5-10(8-9)11-12-6-7-13(11)2;1-12-8-7-11-10(12)9-5-3-2-4-6-9;/h3-4,6-8H,1-2H3;2-5,7-8H,1H3;/q2*-1;. The van der Waals surface area contributed by atoms with Crippen LogP contribution < -0.4 is 0 Å². The van der Waals surface area contributed by atoms with Crippen LogP contribution in [0.1, 0.15) is 5.56 Å². The fourth-order valence-electron chi connectivity index (χ4n) is 2.49. The minimum absolute atomic E-state index is 0. The molecule has 135 valence electrons. The van der Waals surface area contributed by atoms with Crippen LogP contribution in [-0.2, 0) is 34.2 Å². The molecule has 4 rings (SSSR count). The summed E-state index contributed by atoms with van der Waals surface area (Å²) in [4.78, 5) is 8.48. The molecule has 26 heavy (non-hydrogen) atoms. The van der Waals surface area contributed by atoms with Crippen molar-refractivity contribution < 1.29 is 20.1 Å². The zero-order valence-corrected chi connectivity index (χ0v) is 17.4. The maximum absolute atomic E-state index is 4.26. The second-order valence-electron chi connectivity index (χ2n) is 5.78. The van der Waals surface area contributed by atoms with Crippen molar-refractivity contribution in [1.29, 1.82) is 0 Å². The number of rotatable bonds is 2. The molecule has 0 unspecified atom stereocenters. The Labute approximate surface area is 167 Å². The number of nitrogens with zero attached hydrogens (tertiary/aromatic N) is 4. The Morgan fingerprint density at radius 2 is 1.42 bits per heavy atom. The molecule has 4 aromatic rings. The monoisotopic (exact) mass is 521 g/mol. The van der Waals surface area contributed by atoms with Gasteiger partial charge in [0.25, 0.3) is 0 Å². The summed E-state index contributed by atoms with van der Waals surface area (Å²) in [6.07, 6.45) is 7.45. The molecule has 0 atom stereocenters. The molecular weight excluding hydrogens is 500 g/mol. The molecule has 0 spiro atoms. The summed E-state index contributed by atoms with van der Waals surface area (Å²) in [5.41, 5.74) is 3.31. The van der Waals surface area contributed by atoms with Crippen LogP contribution in [0.25, 0.3) is 22.8 Å². The van der Waals surface area contributed by atoms with E-state index >= 15 is 0 Å². The van der Waals surface area contributed by atoms with Crippen LogP contribution in [0.2, 0.25) is 0 Å². The summed E-state index contributed by atoms with van der Waals surface area (Å²) in [6, 6.07) is 20.2. The van der Waals surface area contributed by atoms with Crippen LogP contribution in [0.3, 0.4) is 0 Å². The molecule has 0 fully saturated rings. The molecule has 5 heteroatoms. The molecule has 0 amide bonds. The van der Waals surface area contributed by atoms with Gasteiger partial charge < -0.3 is 9.13 Å². The van der Waals surface area contributed by atoms with Gasteiger partial charge in [-0.1, -0.05) is 6.92 Å². The molecule has 4 nitrogen and oxygen atoms in total. The topological polar surface area (TPSA) is 35.6 Å². The predicted octanol–water partition coefficient (Wildman–Crippen LogP) is 4.08. The van der Waals surface area contributed by atoms with E-state index < -0.39 is 0 Å². The number of aryl methyl sites for hydroxylation is 3. The number of hydrogen-bond acceptors (Lipinski definition) is 2. The molecule has 1 radical (unpaired) electrons. The summed E-state index contributed by atoms with van der Waals surface area (Å²) in [6.45, 7) is 2.07. The van der Waals surface area contributed by atoms with E-state index in [1.165, 1.54) is 5.56 Å². The van der Waals surface area contributed by atoms with Crippen LogP contribution in [0, 0.1) is 19.1 Å². The van der Waals surface area contributed by atoms with Crippen LogP contribution in [0.5, 0.6) is 0 Å². The van der Waals surface area contributed by atoms with Crippen molar-refractivity contribution >= 4 is 0 Å². The van der Waals surface area contributed by atoms with Crippen LogP contribution >= 0.6 is 0 Å². The zero-order chi connectivity index (χ0) is 17.6. The van der Waals surface area contributed by atoms with E-state index in [4.69, 9.17) is 0 Å². The van der Waals surface area contributed by atoms with E-state index in [1.54, 1.807) is 12.4 Å². The minimum atomic E-state index is 0. The van der Waals surface area contributed by atoms with Gasteiger partial charge in [-0.15, -0.1) is 71.3 Å². The van der Waals surface area contributed by atoms with Crippen LogP contribution in [-0.4, -0.2) is 19.1 Å². The van der Waals surface area contributed by atoms with Crippen molar-refractivity contribution in [3.63, 3.8) is 0 Å². The molecule has 0 aliphatic rings. The van der Waals surface area contributed by atoms with Crippen molar-refractivity contribution in [3.05, 3.63) is 84.9 Å². The summed E-state index contributed by atoms with van der Waals surface area (Å²) >= 11 is 0. The van der Waals surface area contributed by atoms with Crippen LogP contribution in [0.15, 0.2) is 67.3 Å². The fourth-order valence-corrected chi connectivity index (χ4v) is 2.49. The summed E-state index contributed by atoms with van der Waals surface area (Å²) in [5, 5.41) is 0. The maximum Gasteiger partial charge on any atom is 0.0555 e. The minimum Gasteiger partial charge on any atom is -0.373 e. The number of aromatic nitrogens is 4. The van der Waals surface area contributed by atoms with E-state index in [2.05, 4.69) is 35.1 Å². The Hall–Kier alpha value is -2.49. The van der Waals surface area contributed by atoms with Gasteiger partial charge >= 0.3 is 0 Å². The third-order valence-electron chi connectivity index (χ3n) is 3.79. The maximum atomic E-state index is 4.26. The van der Waals surface area contributed by atoms with E-state index in [1.807, 2.05) is 72.0 Å². The van der Waals surface area contributed by atoms with Gasteiger partial charge in [0.2, 0.25) is 0 Å². The normalized spacial score (nSPS) is 9.81. The fraction of sp³-hybridized carbons (Fsp3) is 0.143. The Morgan fingerprint density at radius 3 is 1.92 bits per heavy atom. The summed E-state index contributed by atoms with van der Waals surface area (Å²) < 4.78 is 3.97. The van der Waals surface area contributed by atoms with Crippen molar-refractivity contribution in [2.45, 2.75) is 6.92 Å². The molecule has 0 saturated heterocycles. The van der Waals surface area contributed by atoms with E-state index in [-0.39, 0.29) is 20.1 Å². The van der Waals surface area contributed by atoms with Gasteiger partial charge in [-0.25, -0.2) is 0 Å². The van der Waals surface area contributed by atoms with Gasteiger partial charge in [0, 0.05) is 59.0 Å². The van der Waals surface area contributed by atoms with Crippen molar-refractivity contribution in [2.24, 2.45) is 14.1 Å². The number of imidazole rings is 2. The van der Waals surface area contributed by atoms with Crippen LogP contribution in [0.4, 0.5) is 0 Å². The first-order valence-corrected chi connectivity index (χ1v) is 8.05. The third kappa shape index (κ3) is 4.78. The van der Waals surface area contributed by atoms with Gasteiger partial charge in [-0.05, 0) is 0 Å². The Kier molecular flexibility index (Phi) is 7.07. The largest absolute Gasteiger partial charge is 0.373 e. The molecule has 2 heterocycles. The smallest absolute Gasteiger partial charge is 0.0555 e. The van der Waals surface area contributed by atoms with Gasteiger partial charge in [0.15, 0.2) is 0 Å². The average Bonchev–Trinajstić information content (AvgIpc) is 3.24. The second kappa shape index (κ2) is 9.27. The quantitative estimate of drug-likeness (QED) is 0.374. The molecule has 0 aliphatic heterocycles. The Bertz CT molecular complexity index is 941. The van der Waals surface area contributed by atoms with Gasteiger partial charge in [0.05, 0.1) is 11.6 Å². The molecule has 2 aromatic carbocycles. The second-order valence-corrected chi connectivity index (χ2v) is 5.78. The SMILES string of the molecule is Cc1cc[c-]c(-c2nccn2C)c1.Cn1ccnc1-c1[c-]cccc1.[Ir]. The number of benzene rings is 2. The molecule has 0 bridgehead atoms. The van der Waals surface area contributed by atoms with E-state index in [9.17, 15) is 0 Å². The third-order valence-corrected chi connectivity index (χ3v) is 3.79. The van der Waals surface area contributed by atoms with Gasteiger partial charge in [0.1, 0.15) is 0 Å². The number of hydrogen-bond donors (Lipinski definition) is 0. The van der Waals surface area contributed by atoms with Gasteiger partial charge in [-0.2, -0.15) is 0 Å². The summed E-state index contributed by atoms with van der Waals surface area (Å²) in [7, 11) is 3.96. The molecule has 0 aliphatic carbocycles. The molecule has 2 aromatic heterocycles. The predicted molar refractivity (Wildman–Crippen MR) is 99.7 cm³/mol. The van der Waals surface area contributed by atoms with Crippen molar-refractivity contribution in [1.82, 2.24) is 19.1 Å².